The van der Waals surface area contributed by atoms with Crippen LogP contribution in [-0.4, -0.2) is 47.8 Å². The molecule has 2 N–H and O–H groups in total. The van der Waals surface area contributed by atoms with Crippen molar-refractivity contribution >= 4 is 0 Å². The molecule has 0 aliphatic carbocycles. The molecule has 0 radical (unpaired) electrons. The molecule has 1 aromatic rings. The SMILES string of the molecule is Cc1cccc(CNCCN2CCCC(CO)C2)n1. The van der Waals surface area contributed by atoms with Crippen molar-refractivity contribution in [2.24, 2.45) is 5.92 Å². The molecule has 0 aromatic carbocycles. The maximum Gasteiger partial charge on any atom is 0.0544 e. The average Bonchev–Trinajstić information content (AvgIpc) is 2.44. The summed E-state index contributed by atoms with van der Waals surface area (Å²) < 4.78 is 0. The number of piperidine rings is 1. The van der Waals surface area contributed by atoms with Crippen molar-refractivity contribution in [1.29, 1.82) is 0 Å². The molecule has 1 aliphatic rings. The molecule has 4 heteroatoms. The summed E-state index contributed by atoms with van der Waals surface area (Å²) in [5.74, 6) is 0.479. The first-order chi connectivity index (χ1) is 9.28. The summed E-state index contributed by atoms with van der Waals surface area (Å²) >= 11 is 0. The monoisotopic (exact) mass is 263 g/mol. The minimum atomic E-state index is 0.330. The molecule has 106 valence electrons. The van der Waals surface area contributed by atoms with E-state index in [1.54, 1.807) is 0 Å². The first kappa shape index (κ1) is 14.4. The van der Waals surface area contributed by atoms with E-state index in [9.17, 15) is 5.11 Å². The zero-order chi connectivity index (χ0) is 13.5. The number of aliphatic hydroxyl groups excluding tert-OH is 1. The maximum absolute atomic E-state index is 9.20. The van der Waals surface area contributed by atoms with Crippen LogP contribution in [0, 0.1) is 12.8 Å². The van der Waals surface area contributed by atoms with Gasteiger partial charge in [0.25, 0.3) is 0 Å². The number of hydrogen-bond donors (Lipinski definition) is 2. The molecule has 1 aromatic heterocycles. The van der Waals surface area contributed by atoms with E-state index in [-0.39, 0.29) is 0 Å². The summed E-state index contributed by atoms with van der Waals surface area (Å²) in [5, 5.41) is 12.6. The maximum atomic E-state index is 9.20. The Bertz CT molecular complexity index is 383. The van der Waals surface area contributed by atoms with E-state index in [4.69, 9.17) is 0 Å². The van der Waals surface area contributed by atoms with Gasteiger partial charge in [-0.05, 0) is 44.4 Å². The number of aromatic nitrogens is 1. The predicted octanol–water partition coefficient (Wildman–Crippen LogP) is 1.18. The van der Waals surface area contributed by atoms with Crippen LogP contribution in [0.15, 0.2) is 18.2 Å². The highest BCUT2D eigenvalue weighted by Crippen LogP contribution is 2.14. The lowest BCUT2D eigenvalue weighted by molar-refractivity contribution is 0.121. The fourth-order valence-corrected chi connectivity index (χ4v) is 2.65. The lowest BCUT2D eigenvalue weighted by Gasteiger charge is -2.31. The Balaban J connectivity index is 1.64. The number of hydrogen-bond acceptors (Lipinski definition) is 4. The van der Waals surface area contributed by atoms with Gasteiger partial charge in [0.05, 0.1) is 5.69 Å². The number of rotatable bonds is 6. The van der Waals surface area contributed by atoms with Crippen molar-refractivity contribution in [3.8, 4) is 0 Å². The molecule has 1 aliphatic heterocycles. The highest BCUT2D eigenvalue weighted by atomic mass is 16.3. The first-order valence-electron chi connectivity index (χ1n) is 7.24. The lowest BCUT2D eigenvalue weighted by atomic mass is 9.99. The summed E-state index contributed by atoms with van der Waals surface area (Å²) in [4.78, 5) is 6.92. The minimum absolute atomic E-state index is 0.330. The van der Waals surface area contributed by atoms with Crippen molar-refractivity contribution in [3.05, 3.63) is 29.6 Å². The number of aryl methyl sites for hydroxylation is 1. The Kier molecular flexibility index (Phi) is 5.76. The van der Waals surface area contributed by atoms with Gasteiger partial charge in [-0.15, -0.1) is 0 Å². The van der Waals surface area contributed by atoms with Crippen molar-refractivity contribution in [2.45, 2.75) is 26.3 Å². The third-order valence-corrected chi connectivity index (χ3v) is 3.72. The van der Waals surface area contributed by atoms with E-state index in [1.807, 2.05) is 13.0 Å². The van der Waals surface area contributed by atoms with Gasteiger partial charge in [0.2, 0.25) is 0 Å². The summed E-state index contributed by atoms with van der Waals surface area (Å²) in [6.07, 6.45) is 2.39. The average molecular weight is 263 g/mol. The van der Waals surface area contributed by atoms with Crippen molar-refractivity contribution in [2.75, 3.05) is 32.8 Å². The number of nitrogens with one attached hydrogen (secondary N) is 1. The second-order valence-corrected chi connectivity index (χ2v) is 5.44. The number of nitrogens with zero attached hydrogens (tertiary/aromatic N) is 2. The van der Waals surface area contributed by atoms with Crippen LogP contribution < -0.4 is 5.32 Å². The molecule has 19 heavy (non-hydrogen) atoms. The second-order valence-electron chi connectivity index (χ2n) is 5.44. The van der Waals surface area contributed by atoms with Crippen LogP contribution in [0.2, 0.25) is 0 Å². The van der Waals surface area contributed by atoms with E-state index in [1.165, 1.54) is 19.4 Å². The van der Waals surface area contributed by atoms with E-state index in [2.05, 4.69) is 27.3 Å². The van der Waals surface area contributed by atoms with Crippen LogP contribution in [0.4, 0.5) is 0 Å². The van der Waals surface area contributed by atoms with Crippen molar-refractivity contribution in [1.82, 2.24) is 15.2 Å². The minimum Gasteiger partial charge on any atom is -0.396 e. The van der Waals surface area contributed by atoms with Gasteiger partial charge in [0, 0.05) is 38.5 Å². The fraction of sp³-hybridized carbons (Fsp3) is 0.667. The van der Waals surface area contributed by atoms with Crippen LogP contribution in [0.1, 0.15) is 24.2 Å². The molecule has 2 rings (SSSR count). The second kappa shape index (κ2) is 7.58. The molecule has 0 saturated carbocycles. The Hall–Kier alpha value is -0.970. The quantitative estimate of drug-likeness (QED) is 0.757. The zero-order valence-electron chi connectivity index (χ0n) is 11.8. The van der Waals surface area contributed by atoms with Gasteiger partial charge in [0.15, 0.2) is 0 Å². The van der Waals surface area contributed by atoms with Gasteiger partial charge in [-0.3, -0.25) is 4.98 Å². The van der Waals surface area contributed by atoms with Crippen molar-refractivity contribution in [3.63, 3.8) is 0 Å². The Morgan fingerprint density at radius 3 is 3.16 bits per heavy atom. The first-order valence-corrected chi connectivity index (χ1v) is 7.24. The highest BCUT2D eigenvalue weighted by Gasteiger charge is 2.18. The van der Waals surface area contributed by atoms with E-state index in [0.29, 0.717) is 12.5 Å². The van der Waals surface area contributed by atoms with Crippen LogP contribution in [-0.2, 0) is 6.54 Å². The van der Waals surface area contributed by atoms with Gasteiger partial charge < -0.3 is 15.3 Å². The molecule has 2 heterocycles. The van der Waals surface area contributed by atoms with Gasteiger partial charge in [-0.25, -0.2) is 0 Å². The van der Waals surface area contributed by atoms with Gasteiger partial charge in [-0.2, -0.15) is 0 Å². The Morgan fingerprint density at radius 2 is 2.37 bits per heavy atom. The van der Waals surface area contributed by atoms with Gasteiger partial charge in [0.1, 0.15) is 0 Å². The summed E-state index contributed by atoms with van der Waals surface area (Å²) in [6.45, 7) is 7.43. The molecule has 0 spiro atoms. The smallest absolute Gasteiger partial charge is 0.0544 e. The predicted molar refractivity (Wildman–Crippen MR) is 76.9 cm³/mol. The third kappa shape index (κ3) is 4.90. The molecule has 4 nitrogen and oxygen atoms in total. The van der Waals surface area contributed by atoms with Gasteiger partial charge >= 0.3 is 0 Å². The molecular weight excluding hydrogens is 238 g/mol. The highest BCUT2D eigenvalue weighted by molar-refractivity contribution is 5.09. The van der Waals surface area contributed by atoms with E-state index in [0.717, 1.165) is 37.6 Å². The molecule has 1 atom stereocenters. The third-order valence-electron chi connectivity index (χ3n) is 3.72. The molecule has 1 unspecified atom stereocenters. The fourth-order valence-electron chi connectivity index (χ4n) is 2.65. The summed E-state index contributed by atoms with van der Waals surface area (Å²) in [5.41, 5.74) is 2.17. The Labute approximate surface area is 115 Å². The number of pyridine rings is 1. The molecular formula is C15H25N3O. The van der Waals surface area contributed by atoms with Crippen LogP contribution in [0.25, 0.3) is 0 Å². The lowest BCUT2D eigenvalue weighted by Crippen LogP contribution is -2.40. The summed E-state index contributed by atoms with van der Waals surface area (Å²) in [6, 6.07) is 6.13. The van der Waals surface area contributed by atoms with E-state index >= 15 is 0 Å². The Morgan fingerprint density at radius 1 is 1.47 bits per heavy atom. The van der Waals surface area contributed by atoms with Crippen molar-refractivity contribution < 1.29 is 5.11 Å². The molecule has 1 saturated heterocycles. The standard InChI is InChI=1S/C15H25N3O/c1-13-4-2-6-15(17-13)10-16-7-9-18-8-3-5-14(11-18)12-19/h2,4,6,14,16,19H,3,5,7-12H2,1H3. The van der Waals surface area contributed by atoms with E-state index < -0.39 is 0 Å². The van der Waals surface area contributed by atoms with Gasteiger partial charge in [-0.1, -0.05) is 6.07 Å². The number of aliphatic hydroxyl groups is 1. The summed E-state index contributed by atoms with van der Waals surface area (Å²) in [7, 11) is 0. The molecule has 1 fully saturated rings. The van der Waals surface area contributed by atoms with Crippen LogP contribution in [0.3, 0.4) is 0 Å². The van der Waals surface area contributed by atoms with Crippen LogP contribution >= 0.6 is 0 Å². The topological polar surface area (TPSA) is 48.4 Å². The molecule has 0 amide bonds. The largest absolute Gasteiger partial charge is 0.396 e. The molecule has 0 bridgehead atoms. The number of likely N-dealkylation sites (tertiary alicyclic amines) is 1. The van der Waals surface area contributed by atoms with Crippen LogP contribution in [0.5, 0.6) is 0 Å². The zero-order valence-corrected chi connectivity index (χ0v) is 11.8. The normalized spacial score (nSPS) is 20.6.